The largest absolute Gasteiger partial charge is 0.452 e. The van der Waals surface area contributed by atoms with E-state index in [9.17, 15) is 0 Å². The van der Waals surface area contributed by atoms with E-state index in [1.165, 1.54) is 12.7 Å². The smallest absolute Gasteiger partial charge is 0.180 e. The van der Waals surface area contributed by atoms with Crippen LogP contribution in [0.15, 0.2) is 23.3 Å². The van der Waals surface area contributed by atoms with Crippen molar-refractivity contribution in [3.05, 3.63) is 18.9 Å². The van der Waals surface area contributed by atoms with Crippen LogP contribution < -0.4 is 6.15 Å². The van der Waals surface area contributed by atoms with Crippen LogP contribution in [0.3, 0.4) is 0 Å². The summed E-state index contributed by atoms with van der Waals surface area (Å²) in [6, 6.07) is 0. The van der Waals surface area contributed by atoms with E-state index >= 15 is 0 Å². The molecular formula is C3H6N2NaO. The summed E-state index contributed by atoms with van der Waals surface area (Å²) in [5, 5.41) is 0. The number of aromatic nitrogens is 1. The molecular weight excluding hydrogens is 103 g/mol. The molecule has 3 nitrogen and oxygen atoms in total. The molecule has 0 bridgehead atoms. The van der Waals surface area contributed by atoms with Crippen LogP contribution >= 0.6 is 0 Å². The van der Waals surface area contributed by atoms with E-state index in [2.05, 4.69) is 9.40 Å². The van der Waals surface area contributed by atoms with Gasteiger partial charge in [-0.15, -0.1) is 0 Å². The first-order valence-corrected chi connectivity index (χ1v) is 1.32. The molecule has 4 heteroatoms. The third-order valence-electron chi connectivity index (χ3n) is 0.347. The van der Waals surface area contributed by atoms with Crippen LogP contribution in [0.25, 0.3) is 0 Å². The number of hydrogen-bond acceptors (Lipinski definition) is 3. The second kappa shape index (κ2) is 6.17. The van der Waals surface area contributed by atoms with E-state index in [0.29, 0.717) is 0 Å². The molecule has 3 N–H and O–H groups in total. The Morgan fingerprint density at radius 3 is 2.29 bits per heavy atom. The molecule has 0 saturated heterocycles. The van der Waals surface area contributed by atoms with Gasteiger partial charge in [-0.2, -0.15) is 0 Å². The van der Waals surface area contributed by atoms with Crippen LogP contribution in [-0.4, -0.2) is 34.5 Å². The molecule has 0 aliphatic heterocycles. The van der Waals surface area contributed by atoms with Crippen molar-refractivity contribution in [1.29, 1.82) is 0 Å². The first-order chi connectivity index (χ1) is 2.50. The van der Waals surface area contributed by atoms with Gasteiger partial charge >= 0.3 is 0 Å². The summed E-state index contributed by atoms with van der Waals surface area (Å²) in [5.41, 5.74) is 0. The zero-order valence-electron chi connectivity index (χ0n) is 4.29. The Kier molecular flexibility index (Phi) is 9.00. The topological polar surface area (TPSA) is 61.0 Å². The summed E-state index contributed by atoms with van der Waals surface area (Å²) in [6.07, 6.45) is 4.47. The van der Waals surface area contributed by atoms with Gasteiger partial charge in [0.25, 0.3) is 0 Å². The van der Waals surface area contributed by atoms with Crippen molar-refractivity contribution in [2.75, 3.05) is 0 Å². The second-order valence-electron chi connectivity index (χ2n) is 0.676. The van der Waals surface area contributed by atoms with Gasteiger partial charge in [-0.3, -0.25) is 0 Å². The van der Waals surface area contributed by atoms with Crippen LogP contribution in [0.1, 0.15) is 0 Å². The Labute approximate surface area is 64.0 Å². The fourth-order valence-corrected chi connectivity index (χ4v) is 0.176. The fraction of sp³-hybridized carbons (Fsp3) is 0. The Balaban J connectivity index is 0. The zero-order chi connectivity index (χ0) is 3.54. The van der Waals surface area contributed by atoms with E-state index < -0.39 is 0 Å². The molecule has 0 saturated carbocycles. The third-order valence-corrected chi connectivity index (χ3v) is 0.347. The van der Waals surface area contributed by atoms with Crippen LogP contribution in [0.4, 0.5) is 0 Å². The van der Waals surface area contributed by atoms with Crippen LogP contribution in [0.5, 0.6) is 0 Å². The van der Waals surface area contributed by atoms with E-state index in [4.69, 9.17) is 0 Å². The van der Waals surface area contributed by atoms with Crippen molar-refractivity contribution in [3.8, 4) is 0 Å². The Morgan fingerprint density at radius 1 is 1.43 bits per heavy atom. The first kappa shape index (κ1) is 10.2. The number of oxazole rings is 1. The average molecular weight is 109 g/mol. The molecule has 7 heavy (non-hydrogen) atoms. The van der Waals surface area contributed by atoms with Crippen molar-refractivity contribution < 1.29 is 4.42 Å². The van der Waals surface area contributed by atoms with Crippen LogP contribution in [0.2, 0.25) is 0 Å². The molecule has 0 atom stereocenters. The summed E-state index contributed by atoms with van der Waals surface area (Å²) >= 11 is 0. The average Bonchev–Trinajstić information content (AvgIpc) is 1.76. The van der Waals surface area contributed by atoms with Crippen LogP contribution in [-0.2, 0) is 0 Å². The van der Waals surface area contributed by atoms with Gasteiger partial charge in [0.15, 0.2) is 6.39 Å². The van der Waals surface area contributed by atoms with Gasteiger partial charge < -0.3 is 10.6 Å². The van der Waals surface area contributed by atoms with Crippen molar-refractivity contribution in [3.63, 3.8) is 0 Å². The minimum Gasteiger partial charge on any atom is -0.452 e. The Bertz CT molecular complexity index is 69.4. The summed E-state index contributed by atoms with van der Waals surface area (Å²) < 4.78 is 4.47. The van der Waals surface area contributed by atoms with Gasteiger partial charge in [-0.1, -0.05) is 0 Å². The molecule has 0 aromatic carbocycles. The van der Waals surface area contributed by atoms with Gasteiger partial charge in [0.05, 0.1) is 6.20 Å². The fourth-order valence-electron chi connectivity index (χ4n) is 0.176. The van der Waals surface area contributed by atoms with E-state index in [-0.39, 0.29) is 35.7 Å². The van der Waals surface area contributed by atoms with E-state index in [0.717, 1.165) is 0 Å². The zero-order valence-corrected chi connectivity index (χ0v) is 6.29. The van der Waals surface area contributed by atoms with Crippen LogP contribution in [0, 0.1) is 0 Å². The maximum atomic E-state index is 4.47. The predicted molar refractivity (Wildman–Crippen MR) is 27.3 cm³/mol. The standard InChI is InChI=1S/C3H3NO.H3N.Na/c1-2-5-3-4-1;;/h1-3H;1H3;. The quantitative estimate of drug-likeness (QED) is 0.492. The van der Waals surface area contributed by atoms with Gasteiger partial charge in [-0.25, -0.2) is 4.98 Å². The molecule has 0 aliphatic rings. The monoisotopic (exact) mass is 109 g/mol. The molecule has 0 spiro atoms. The van der Waals surface area contributed by atoms with Crippen molar-refractivity contribution in [2.45, 2.75) is 0 Å². The van der Waals surface area contributed by atoms with Gasteiger partial charge in [0.1, 0.15) is 6.26 Å². The van der Waals surface area contributed by atoms with Crippen molar-refractivity contribution >= 4 is 29.6 Å². The maximum absolute atomic E-state index is 4.47. The summed E-state index contributed by atoms with van der Waals surface area (Å²) in [4.78, 5) is 3.56. The molecule has 1 rings (SSSR count). The Hall–Kier alpha value is 0.170. The summed E-state index contributed by atoms with van der Waals surface area (Å²) in [5.74, 6) is 0. The number of hydrogen-bond donors (Lipinski definition) is 1. The predicted octanol–water partition coefficient (Wildman–Crippen LogP) is 0.456. The molecule has 1 aromatic heterocycles. The molecule has 35 valence electrons. The van der Waals surface area contributed by atoms with Crippen molar-refractivity contribution in [2.24, 2.45) is 0 Å². The summed E-state index contributed by atoms with van der Waals surface area (Å²) in [6.45, 7) is 0. The Morgan fingerprint density at radius 2 is 2.14 bits per heavy atom. The SMILES string of the molecule is N.[Na].c1cocn1. The molecule has 0 amide bonds. The van der Waals surface area contributed by atoms with Gasteiger partial charge in [0.2, 0.25) is 0 Å². The minimum absolute atomic E-state index is 0. The minimum atomic E-state index is 0. The molecule has 0 unspecified atom stereocenters. The molecule has 1 radical (unpaired) electrons. The van der Waals surface area contributed by atoms with E-state index in [1.54, 1.807) is 6.20 Å². The normalized spacial score (nSPS) is 5.71. The van der Waals surface area contributed by atoms with E-state index in [1.807, 2.05) is 0 Å². The number of nitrogens with zero attached hydrogens (tertiary/aromatic N) is 1. The maximum Gasteiger partial charge on any atom is 0.180 e. The summed E-state index contributed by atoms with van der Waals surface area (Å²) in [7, 11) is 0. The molecule has 1 heterocycles. The second-order valence-corrected chi connectivity index (χ2v) is 0.676. The van der Waals surface area contributed by atoms with Gasteiger partial charge in [-0.05, 0) is 0 Å². The third kappa shape index (κ3) is 4.01. The van der Waals surface area contributed by atoms with Gasteiger partial charge in [0, 0.05) is 29.6 Å². The molecule has 0 aliphatic carbocycles. The van der Waals surface area contributed by atoms with Crippen molar-refractivity contribution in [1.82, 2.24) is 11.1 Å². The number of rotatable bonds is 0. The molecule has 1 aromatic rings. The molecule has 0 fully saturated rings. The first-order valence-electron chi connectivity index (χ1n) is 1.32.